The maximum atomic E-state index is 9.25. The molecule has 9 heavy (non-hydrogen) atoms. The Morgan fingerprint density at radius 1 is 1.11 bits per heavy atom. The highest BCUT2D eigenvalue weighted by molar-refractivity contribution is 4.91. The van der Waals surface area contributed by atoms with Gasteiger partial charge in [0.2, 0.25) is 0 Å². The largest absolute Gasteiger partial charge is 0.393 e. The minimum absolute atomic E-state index is 0.0104. The topological polar surface area (TPSA) is 32.3 Å². The Labute approximate surface area is 55.3 Å². The molecule has 0 unspecified atom stereocenters. The average molecular weight is 127 g/mol. The molecular formula is C7H13NO. The van der Waals surface area contributed by atoms with Crippen molar-refractivity contribution in [2.45, 2.75) is 43.9 Å². The van der Waals surface area contributed by atoms with Crippen LogP contribution in [0, 0.1) is 0 Å². The van der Waals surface area contributed by atoms with Crippen LogP contribution in [0.25, 0.3) is 0 Å². The molecule has 2 bridgehead atoms. The summed E-state index contributed by atoms with van der Waals surface area (Å²) in [6.07, 6.45) is 4.51. The second kappa shape index (κ2) is 1.96. The number of hydrogen-bond acceptors (Lipinski definition) is 2. The highest BCUT2D eigenvalue weighted by atomic mass is 16.3. The zero-order valence-electron chi connectivity index (χ0n) is 5.51. The van der Waals surface area contributed by atoms with E-state index in [9.17, 15) is 5.11 Å². The summed E-state index contributed by atoms with van der Waals surface area (Å²) in [5, 5.41) is 12.7. The Bertz CT molecular complexity index is 103. The number of rotatable bonds is 0. The zero-order valence-corrected chi connectivity index (χ0v) is 5.51. The van der Waals surface area contributed by atoms with Gasteiger partial charge in [0.15, 0.2) is 0 Å². The monoisotopic (exact) mass is 127 g/mol. The van der Waals surface area contributed by atoms with Gasteiger partial charge in [0, 0.05) is 12.1 Å². The van der Waals surface area contributed by atoms with Gasteiger partial charge in [-0.2, -0.15) is 0 Å². The SMILES string of the molecule is OC1C[C@H]2CC[C@H](C1)N2. The number of nitrogens with one attached hydrogen (secondary N) is 1. The van der Waals surface area contributed by atoms with Crippen molar-refractivity contribution in [3.05, 3.63) is 0 Å². The average Bonchev–Trinajstić information content (AvgIpc) is 2.11. The Morgan fingerprint density at radius 2 is 1.67 bits per heavy atom. The van der Waals surface area contributed by atoms with E-state index < -0.39 is 0 Å². The Hall–Kier alpha value is -0.0800. The zero-order chi connectivity index (χ0) is 6.27. The van der Waals surface area contributed by atoms with Gasteiger partial charge in [0.05, 0.1) is 6.10 Å². The van der Waals surface area contributed by atoms with Crippen LogP contribution >= 0.6 is 0 Å². The lowest BCUT2D eigenvalue weighted by atomic mass is 10.0. The van der Waals surface area contributed by atoms with E-state index in [0.29, 0.717) is 12.1 Å². The van der Waals surface area contributed by atoms with Crippen molar-refractivity contribution in [3.63, 3.8) is 0 Å². The van der Waals surface area contributed by atoms with Crippen molar-refractivity contribution < 1.29 is 5.11 Å². The fourth-order valence-corrected chi connectivity index (χ4v) is 2.03. The maximum Gasteiger partial charge on any atom is 0.0569 e. The first-order valence-corrected chi connectivity index (χ1v) is 3.79. The Balaban J connectivity index is 2.03. The smallest absolute Gasteiger partial charge is 0.0569 e. The lowest BCUT2D eigenvalue weighted by Crippen LogP contribution is -2.40. The fourth-order valence-electron chi connectivity index (χ4n) is 2.03. The molecule has 0 saturated carbocycles. The first-order chi connectivity index (χ1) is 4.34. The molecule has 2 atom stereocenters. The van der Waals surface area contributed by atoms with Crippen molar-refractivity contribution in [2.75, 3.05) is 0 Å². The number of hydrogen-bond donors (Lipinski definition) is 2. The van der Waals surface area contributed by atoms with Gasteiger partial charge in [-0.25, -0.2) is 0 Å². The summed E-state index contributed by atoms with van der Waals surface area (Å²) < 4.78 is 0. The van der Waals surface area contributed by atoms with Gasteiger partial charge in [-0.1, -0.05) is 0 Å². The summed E-state index contributed by atoms with van der Waals surface area (Å²) in [5.74, 6) is 0. The molecule has 0 radical (unpaired) electrons. The van der Waals surface area contributed by atoms with Gasteiger partial charge in [-0.05, 0) is 25.7 Å². The maximum absolute atomic E-state index is 9.25. The molecule has 52 valence electrons. The van der Waals surface area contributed by atoms with E-state index in [1.807, 2.05) is 0 Å². The molecule has 0 aromatic carbocycles. The number of aliphatic hydroxyl groups excluding tert-OH is 1. The summed E-state index contributed by atoms with van der Waals surface area (Å²) in [6, 6.07) is 1.28. The van der Waals surface area contributed by atoms with Gasteiger partial charge in [-0.15, -0.1) is 0 Å². The van der Waals surface area contributed by atoms with Crippen LogP contribution in [-0.2, 0) is 0 Å². The summed E-state index contributed by atoms with van der Waals surface area (Å²) in [4.78, 5) is 0. The van der Waals surface area contributed by atoms with E-state index in [-0.39, 0.29) is 6.10 Å². The third kappa shape index (κ3) is 0.970. The molecule has 2 heteroatoms. The normalized spacial score (nSPS) is 49.7. The predicted octanol–water partition coefficient (Wildman–Crippen LogP) is 0.262. The van der Waals surface area contributed by atoms with Gasteiger partial charge in [0.25, 0.3) is 0 Å². The van der Waals surface area contributed by atoms with Crippen LogP contribution in [0.1, 0.15) is 25.7 Å². The first-order valence-electron chi connectivity index (χ1n) is 3.79. The predicted molar refractivity (Wildman–Crippen MR) is 35.2 cm³/mol. The standard InChI is InChI=1S/C7H13NO/c9-7-3-5-1-2-6(4-7)8-5/h5-9H,1-4H2/t5-,6-/m1/s1. The van der Waals surface area contributed by atoms with Crippen LogP contribution in [0.3, 0.4) is 0 Å². The minimum atomic E-state index is -0.0104. The molecule has 2 fully saturated rings. The molecule has 0 aliphatic carbocycles. The molecule has 2 rings (SSSR count). The van der Waals surface area contributed by atoms with E-state index in [1.165, 1.54) is 12.8 Å². The fraction of sp³-hybridized carbons (Fsp3) is 1.00. The molecular weight excluding hydrogens is 114 g/mol. The summed E-state index contributed by atoms with van der Waals surface area (Å²) >= 11 is 0. The van der Waals surface area contributed by atoms with Gasteiger partial charge < -0.3 is 10.4 Å². The van der Waals surface area contributed by atoms with Crippen LogP contribution in [0.4, 0.5) is 0 Å². The number of piperidine rings is 1. The lowest BCUT2D eigenvalue weighted by molar-refractivity contribution is 0.114. The molecule has 2 N–H and O–H groups in total. The van der Waals surface area contributed by atoms with E-state index in [1.54, 1.807) is 0 Å². The molecule has 0 spiro atoms. The molecule has 0 amide bonds. The Kier molecular flexibility index (Phi) is 1.24. The third-order valence-electron chi connectivity index (χ3n) is 2.45. The van der Waals surface area contributed by atoms with Crippen LogP contribution in [0.15, 0.2) is 0 Å². The molecule has 0 aromatic rings. The van der Waals surface area contributed by atoms with Crippen LogP contribution < -0.4 is 5.32 Å². The van der Waals surface area contributed by atoms with E-state index in [0.717, 1.165) is 12.8 Å². The lowest BCUT2D eigenvalue weighted by Gasteiger charge is -2.24. The van der Waals surface area contributed by atoms with E-state index >= 15 is 0 Å². The first kappa shape index (κ1) is 5.69. The molecule has 2 saturated heterocycles. The van der Waals surface area contributed by atoms with E-state index in [2.05, 4.69) is 5.32 Å². The quantitative estimate of drug-likeness (QED) is 0.489. The number of fused-ring (bicyclic) bond motifs is 2. The highest BCUT2D eigenvalue weighted by Gasteiger charge is 2.31. The van der Waals surface area contributed by atoms with Crippen LogP contribution in [-0.4, -0.2) is 23.3 Å². The number of aliphatic hydroxyl groups is 1. The van der Waals surface area contributed by atoms with Crippen LogP contribution in [0.5, 0.6) is 0 Å². The van der Waals surface area contributed by atoms with Crippen molar-refractivity contribution >= 4 is 0 Å². The summed E-state index contributed by atoms with van der Waals surface area (Å²) in [7, 11) is 0. The van der Waals surface area contributed by atoms with Gasteiger partial charge >= 0.3 is 0 Å². The second-order valence-electron chi connectivity index (χ2n) is 3.26. The Morgan fingerprint density at radius 3 is 2.22 bits per heavy atom. The second-order valence-corrected chi connectivity index (χ2v) is 3.26. The van der Waals surface area contributed by atoms with Crippen molar-refractivity contribution in [1.82, 2.24) is 5.32 Å². The van der Waals surface area contributed by atoms with E-state index in [4.69, 9.17) is 0 Å². The highest BCUT2D eigenvalue weighted by Crippen LogP contribution is 2.26. The molecule has 2 nitrogen and oxygen atoms in total. The summed E-state index contributed by atoms with van der Waals surface area (Å²) in [5.41, 5.74) is 0. The van der Waals surface area contributed by atoms with Crippen molar-refractivity contribution in [3.8, 4) is 0 Å². The molecule has 2 aliphatic rings. The molecule has 2 heterocycles. The van der Waals surface area contributed by atoms with Crippen molar-refractivity contribution in [1.29, 1.82) is 0 Å². The minimum Gasteiger partial charge on any atom is -0.393 e. The van der Waals surface area contributed by atoms with Gasteiger partial charge in [-0.3, -0.25) is 0 Å². The van der Waals surface area contributed by atoms with Gasteiger partial charge in [0.1, 0.15) is 0 Å². The molecule has 2 aliphatic heterocycles. The van der Waals surface area contributed by atoms with Crippen LogP contribution in [0.2, 0.25) is 0 Å². The third-order valence-corrected chi connectivity index (χ3v) is 2.45. The van der Waals surface area contributed by atoms with Crippen molar-refractivity contribution in [2.24, 2.45) is 0 Å². The molecule has 0 aromatic heterocycles. The summed E-state index contributed by atoms with van der Waals surface area (Å²) in [6.45, 7) is 0.